The Kier molecular flexibility index (Phi) is 3.35. The first-order chi connectivity index (χ1) is 8.78. The summed E-state index contributed by atoms with van der Waals surface area (Å²) in [4.78, 5) is 5.12. The van der Waals surface area contributed by atoms with Crippen LogP contribution < -0.4 is 11.3 Å². The van der Waals surface area contributed by atoms with Crippen LogP contribution in [0, 0.1) is 6.92 Å². The molecular formula is C14H22N4. The van der Waals surface area contributed by atoms with Crippen molar-refractivity contribution >= 4 is 0 Å². The van der Waals surface area contributed by atoms with Gasteiger partial charge in [0, 0.05) is 38.8 Å². The van der Waals surface area contributed by atoms with E-state index < -0.39 is 0 Å². The number of rotatable bonds is 3. The molecule has 0 amide bonds. The van der Waals surface area contributed by atoms with E-state index >= 15 is 0 Å². The first-order valence-corrected chi connectivity index (χ1v) is 6.77. The number of nitrogens with one attached hydrogen (secondary N) is 1. The highest BCUT2D eigenvalue weighted by Crippen LogP contribution is 2.26. The molecule has 98 valence electrons. The Balaban J connectivity index is 1.81. The van der Waals surface area contributed by atoms with Crippen LogP contribution in [0.25, 0.3) is 0 Å². The van der Waals surface area contributed by atoms with E-state index in [1.165, 1.54) is 37.3 Å². The van der Waals surface area contributed by atoms with E-state index in [2.05, 4.69) is 46.4 Å². The smallest absolute Gasteiger partial charge is 0.0627 e. The summed E-state index contributed by atoms with van der Waals surface area (Å²) in [5.41, 5.74) is 5.61. The molecule has 3 N–H and O–H groups in total. The van der Waals surface area contributed by atoms with E-state index in [9.17, 15) is 0 Å². The lowest BCUT2D eigenvalue weighted by molar-refractivity contribution is -0.00369. The topological polar surface area (TPSA) is 44.5 Å². The number of hydrazine groups is 1. The predicted octanol–water partition coefficient (Wildman–Crippen LogP) is 0.499. The molecule has 4 rings (SSSR count). The normalized spacial score (nSPS) is 32.4. The van der Waals surface area contributed by atoms with E-state index in [0.29, 0.717) is 6.04 Å². The van der Waals surface area contributed by atoms with Gasteiger partial charge in [-0.05, 0) is 12.5 Å². The maximum atomic E-state index is 5.81. The quantitative estimate of drug-likeness (QED) is 0.602. The van der Waals surface area contributed by atoms with Gasteiger partial charge in [0.05, 0.1) is 6.04 Å². The Morgan fingerprint density at radius 3 is 2.33 bits per heavy atom. The number of hydrogen-bond donors (Lipinski definition) is 2. The summed E-state index contributed by atoms with van der Waals surface area (Å²) in [6, 6.07) is 9.44. The van der Waals surface area contributed by atoms with Crippen LogP contribution in [0.2, 0.25) is 0 Å². The van der Waals surface area contributed by atoms with Crippen molar-refractivity contribution in [1.82, 2.24) is 15.2 Å². The van der Waals surface area contributed by atoms with Gasteiger partial charge in [0.2, 0.25) is 0 Å². The third-order valence-corrected chi connectivity index (χ3v) is 4.32. The molecule has 4 nitrogen and oxygen atoms in total. The fourth-order valence-electron chi connectivity index (χ4n) is 3.18. The summed E-state index contributed by atoms with van der Waals surface area (Å²) in [5.74, 6) is 5.81. The van der Waals surface area contributed by atoms with Gasteiger partial charge in [0.15, 0.2) is 0 Å². The van der Waals surface area contributed by atoms with Crippen LogP contribution >= 0.6 is 0 Å². The van der Waals surface area contributed by atoms with Gasteiger partial charge < -0.3 is 0 Å². The first-order valence-electron chi connectivity index (χ1n) is 6.77. The SMILES string of the molecule is Cc1ccc(C(NN)C2CN3CCN2CC3)cc1. The van der Waals surface area contributed by atoms with Crippen LogP contribution in [-0.2, 0) is 0 Å². The second-order valence-corrected chi connectivity index (χ2v) is 5.46. The molecule has 3 aliphatic rings. The second-order valence-electron chi connectivity index (χ2n) is 5.46. The lowest BCUT2D eigenvalue weighted by Gasteiger charge is -2.50. The lowest BCUT2D eigenvalue weighted by Crippen LogP contribution is -2.64. The first kappa shape index (κ1) is 12.1. The van der Waals surface area contributed by atoms with Crippen LogP contribution in [-0.4, -0.2) is 48.6 Å². The summed E-state index contributed by atoms with van der Waals surface area (Å²) in [7, 11) is 0. The highest BCUT2D eigenvalue weighted by Gasteiger charge is 2.36. The van der Waals surface area contributed by atoms with E-state index in [4.69, 9.17) is 5.84 Å². The number of fused-ring (bicyclic) bond motifs is 3. The fourth-order valence-corrected chi connectivity index (χ4v) is 3.18. The van der Waals surface area contributed by atoms with Gasteiger partial charge in [-0.25, -0.2) is 0 Å². The maximum Gasteiger partial charge on any atom is 0.0627 e. The zero-order chi connectivity index (χ0) is 12.5. The van der Waals surface area contributed by atoms with Crippen LogP contribution in [0.3, 0.4) is 0 Å². The molecule has 4 heteroatoms. The van der Waals surface area contributed by atoms with Crippen molar-refractivity contribution in [2.24, 2.45) is 5.84 Å². The molecule has 18 heavy (non-hydrogen) atoms. The molecule has 1 aromatic rings. The number of hydrogen-bond acceptors (Lipinski definition) is 4. The Hall–Kier alpha value is -0.940. The number of nitrogens with zero attached hydrogens (tertiary/aromatic N) is 2. The minimum Gasteiger partial charge on any atom is -0.299 e. The van der Waals surface area contributed by atoms with Gasteiger partial charge >= 0.3 is 0 Å². The van der Waals surface area contributed by atoms with Crippen LogP contribution in [0.1, 0.15) is 17.2 Å². The summed E-state index contributed by atoms with van der Waals surface area (Å²) < 4.78 is 0. The average Bonchev–Trinajstić information content (AvgIpc) is 2.43. The van der Waals surface area contributed by atoms with Gasteiger partial charge in [-0.2, -0.15) is 0 Å². The molecular weight excluding hydrogens is 224 g/mol. The molecule has 0 saturated carbocycles. The van der Waals surface area contributed by atoms with Crippen molar-refractivity contribution in [3.8, 4) is 0 Å². The van der Waals surface area contributed by atoms with Crippen molar-refractivity contribution in [1.29, 1.82) is 0 Å². The number of aryl methyl sites for hydroxylation is 1. The van der Waals surface area contributed by atoms with E-state index in [1.54, 1.807) is 0 Å². The minimum atomic E-state index is 0.230. The third kappa shape index (κ3) is 2.17. The van der Waals surface area contributed by atoms with Crippen molar-refractivity contribution in [3.05, 3.63) is 35.4 Å². The summed E-state index contributed by atoms with van der Waals surface area (Å²) in [6.45, 7) is 8.02. The molecule has 2 atom stereocenters. The second kappa shape index (κ2) is 4.97. The Labute approximate surface area is 109 Å². The molecule has 0 aromatic heterocycles. The van der Waals surface area contributed by atoms with E-state index in [-0.39, 0.29) is 6.04 Å². The molecule has 0 radical (unpaired) electrons. The highest BCUT2D eigenvalue weighted by atomic mass is 15.4. The summed E-state index contributed by atoms with van der Waals surface area (Å²) in [5, 5.41) is 0. The number of nitrogens with two attached hydrogens (primary N) is 1. The Bertz CT molecular complexity index is 395. The molecule has 0 aliphatic carbocycles. The highest BCUT2D eigenvalue weighted by molar-refractivity contribution is 5.25. The number of piperazine rings is 3. The van der Waals surface area contributed by atoms with E-state index in [0.717, 1.165) is 6.54 Å². The molecule has 3 fully saturated rings. The largest absolute Gasteiger partial charge is 0.299 e. The Morgan fingerprint density at radius 2 is 1.83 bits per heavy atom. The summed E-state index contributed by atoms with van der Waals surface area (Å²) in [6.07, 6.45) is 0. The van der Waals surface area contributed by atoms with Crippen LogP contribution in [0.4, 0.5) is 0 Å². The molecule has 1 aromatic carbocycles. The molecule has 3 aliphatic heterocycles. The summed E-state index contributed by atoms with van der Waals surface area (Å²) >= 11 is 0. The molecule has 2 bridgehead atoms. The monoisotopic (exact) mass is 246 g/mol. The predicted molar refractivity (Wildman–Crippen MR) is 73.0 cm³/mol. The zero-order valence-corrected chi connectivity index (χ0v) is 11.0. The van der Waals surface area contributed by atoms with Gasteiger partial charge in [-0.15, -0.1) is 0 Å². The molecule has 3 heterocycles. The third-order valence-electron chi connectivity index (χ3n) is 4.32. The number of benzene rings is 1. The molecule has 2 unspecified atom stereocenters. The molecule has 3 saturated heterocycles. The van der Waals surface area contributed by atoms with Crippen molar-refractivity contribution < 1.29 is 0 Å². The average molecular weight is 246 g/mol. The zero-order valence-electron chi connectivity index (χ0n) is 11.0. The van der Waals surface area contributed by atoms with Crippen molar-refractivity contribution in [3.63, 3.8) is 0 Å². The van der Waals surface area contributed by atoms with Crippen LogP contribution in [0.15, 0.2) is 24.3 Å². The van der Waals surface area contributed by atoms with Gasteiger partial charge in [0.1, 0.15) is 0 Å². The Morgan fingerprint density at radius 1 is 1.17 bits per heavy atom. The lowest BCUT2D eigenvalue weighted by atomic mass is 9.94. The van der Waals surface area contributed by atoms with Gasteiger partial charge in [0.25, 0.3) is 0 Å². The van der Waals surface area contributed by atoms with E-state index in [1.807, 2.05) is 0 Å². The fraction of sp³-hybridized carbons (Fsp3) is 0.571. The van der Waals surface area contributed by atoms with Gasteiger partial charge in [-0.1, -0.05) is 29.8 Å². The standard InChI is InChI=1S/C14H22N4/c1-11-2-4-12(5-3-11)14(16-15)13-10-17-6-8-18(13)9-7-17/h2-5,13-14,16H,6-10,15H2,1H3. The van der Waals surface area contributed by atoms with Crippen molar-refractivity contribution in [2.75, 3.05) is 32.7 Å². The molecule has 0 spiro atoms. The van der Waals surface area contributed by atoms with Gasteiger partial charge in [-0.3, -0.25) is 21.1 Å². The minimum absolute atomic E-state index is 0.230. The van der Waals surface area contributed by atoms with Crippen molar-refractivity contribution in [2.45, 2.75) is 19.0 Å². The van der Waals surface area contributed by atoms with Crippen LogP contribution in [0.5, 0.6) is 0 Å². The maximum absolute atomic E-state index is 5.81.